The van der Waals surface area contributed by atoms with E-state index in [1.165, 1.54) is 24.0 Å². The van der Waals surface area contributed by atoms with Crippen molar-refractivity contribution in [1.82, 2.24) is 0 Å². The maximum atomic E-state index is 10.2. The van der Waals surface area contributed by atoms with E-state index >= 15 is 0 Å². The van der Waals surface area contributed by atoms with Gasteiger partial charge in [-0.25, -0.2) is 0 Å². The predicted molar refractivity (Wildman–Crippen MR) is 93.2 cm³/mol. The van der Waals surface area contributed by atoms with Crippen molar-refractivity contribution in [2.45, 2.75) is 72.8 Å². The van der Waals surface area contributed by atoms with Crippen LogP contribution in [0.15, 0.2) is 35.5 Å². The first-order chi connectivity index (χ1) is 9.88. The van der Waals surface area contributed by atoms with Gasteiger partial charge in [0.1, 0.15) is 0 Å². The lowest BCUT2D eigenvalue weighted by atomic mass is 9.87. The van der Waals surface area contributed by atoms with Gasteiger partial charge in [0.15, 0.2) is 0 Å². The number of hydrogen-bond acceptors (Lipinski definition) is 1. The molecule has 0 bridgehead atoms. The Morgan fingerprint density at radius 3 is 2.48 bits per heavy atom. The summed E-state index contributed by atoms with van der Waals surface area (Å²) in [6.07, 6.45) is 14.2. The summed E-state index contributed by atoms with van der Waals surface area (Å²) in [6, 6.07) is 0. The van der Waals surface area contributed by atoms with Crippen LogP contribution in [0.3, 0.4) is 0 Å². The normalized spacial score (nSPS) is 36.2. The van der Waals surface area contributed by atoms with Gasteiger partial charge in [-0.05, 0) is 63.7 Å². The van der Waals surface area contributed by atoms with Gasteiger partial charge in [-0.2, -0.15) is 0 Å². The topological polar surface area (TPSA) is 20.2 Å². The van der Waals surface area contributed by atoms with Gasteiger partial charge in [-0.1, -0.05) is 56.2 Å². The third-order valence-corrected chi connectivity index (χ3v) is 4.54. The van der Waals surface area contributed by atoms with E-state index in [0.29, 0.717) is 17.8 Å². The van der Waals surface area contributed by atoms with Gasteiger partial charge >= 0.3 is 0 Å². The minimum Gasteiger partial charge on any atom is -0.389 e. The zero-order valence-electron chi connectivity index (χ0n) is 14.6. The SMILES string of the molecule is C/C1=C/C(O)CC(C)/C=C/[C@@H](C(C)C)CC/C(C)=C\CC1. The fraction of sp³-hybridized carbons (Fsp3) is 0.700. The van der Waals surface area contributed by atoms with Gasteiger partial charge in [0.2, 0.25) is 0 Å². The van der Waals surface area contributed by atoms with Gasteiger partial charge in [0, 0.05) is 0 Å². The van der Waals surface area contributed by atoms with Crippen LogP contribution in [0, 0.1) is 17.8 Å². The smallest absolute Gasteiger partial charge is 0.0728 e. The summed E-state index contributed by atoms with van der Waals surface area (Å²) >= 11 is 0. The molecule has 1 rings (SSSR count). The molecule has 120 valence electrons. The number of hydrogen-bond donors (Lipinski definition) is 1. The molecule has 0 fully saturated rings. The average molecular weight is 290 g/mol. The fourth-order valence-electron chi connectivity index (χ4n) is 2.97. The monoisotopic (exact) mass is 290 g/mol. The van der Waals surface area contributed by atoms with Crippen LogP contribution in [0.4, 0.5) is 0 Å². The van der Waals surface area contributed by atoms with Crippen LogP contribution in [0.1, 0.15) is 66.7 Å². The molecule has 21 heavy (non-hydrogen) atoms. The Labute approximate surface area is 131 Å². The zero-order valence-corrected chi connectivity index (χ0v) is 14.6. The third kappa shape index (κ3) is 7.66. The number of aliphatic hydroxyl groups excluding tert-OH is 1. The van der Waals surface area contributed by atoms with E-state index in [1.54, 1.807) is 0 Å². The molecule has 0 saturated carbocycles. The van der Waals surface area contributed by atoms with E-state index in [2.05, 4.69) is 52.8 Å². The first-order valence-electron chi connectivity index (χ1n) is 8.57. The molecule has 0 aromatic carbocycles. The standard InChI is InChI=1S/C20H34O/c1-15(2)19-11-9-16(3)7-6-8-17(4)13-20(21)14-18(5)10-12-19/h7,10,12-13,15,18-21H,6,8-9,11,14H2,1-5H3/b12-10+,16-7-,17-13-/t18?,19-,20?/m0/s1. The summed E-state index contributed by atoms with van der Waals surface area (Å²) in [4.78, 5) is 0. The van der Waals surface area contributed by atoms with Crippen LogP contribution < -0.4 is 0 Å². The zero-order chi connectivity index (χ0) is 15.8. The second kappa shape index (κ2) is 9.25. The Bertz CT molecular complexity index is 387. The molecular formula is C20H34O. The molecule has 2 unspecified atom stereocenters. The van der Waals surface area contributed by atoms with E-state index in [4.69, 9.17) is 0 Å². The summed E-state index contributed by atoms with van der Waals surface area (Å²) < 4.78 is 0. The van der Waals surface area contributed by atoms with Crippen LogP contribution >= 0.6 is 0 Å². The maximum absolute atomic E-state index is 10.2. The molecule has 1 nitrogen and oxygen atoms in total. The van der Waals surface area contributed by atoms with Crippen molar-refractivity contribution in [3.8, 4) is 0 Å². The highest BCUT2D eigenvalue weighted by Gasteiger charge is 2.12. The molecule has 0 heterocycles. The molecule has 1 N–H and O–H groups in total. The largest absolute Gasteiger partial charge is 0.389 e. The molecule has 1 aliphatic carbocycles. The van der Waals surface area contributed by atoms with E-state index in [0.717, 1.165) is 19.3 Å². The minimum atomic E-state index is -0.310. The van der Waals surface area contributed by atoms with Crippen molar-refractivity contribution in [3.63, 3.8) is 0 Å². The Balaban J connectivity index is 2.85. The molecule has 0 aromatic heterocycles. The summed E-state index contributed by atoms with van der Waals surface area (Å²) in [5.41, 5.74) is 2.81. The van der Waals surface area contributed by atoms with Crippen molar-refractivity contribution in [1.29, 1.82) is 0 Å². The van der Waals surface area contributed by atoms with Gasteiger partial charge in [0.25, 0.3) is 0 Å². The molecule has 1 heteroatoms. The van der Waals surface area contributed by atoms with Crippen molar-refractivity contribution in [2.24, 2.45) is 17.8 Å². The lowest BCUT2D eigenvalue weighted by Crippen LogP contribution is -2.10. The molecule has 0 amide bonds. The van der Waals surface area contributed by atoms with Gasteiger partial charge in [-0.15, -0.1) is 0 Å². The predicted octanol–water partition coefficient (Wildman–Crippen LogP) is 5.67. The summed E-state index contributed by atoms with van der Waals surface area (Å²) in [7, 11) is 0. The lowest BCUT2D eigenvalue weighted by molar-refractivity contribution is 0.198. The fourth-order valence-corrected chi connectivity index (χ4v) is 2.97. The Morgan fingerprint density at radius 2 is 1.81 bits per heavy atom. The molecule has 0 radical (unpaired) electrons. The quantitative estimate of drug-likeness (QED) is 0.617. The summed E-state index contributed by atoms with van der Waals surface area (Å²) in [5.74, 6) is 1.76. The van der Waals surface area contributed by atoms with Crippen LogP contribution in [0.2, 0.25) is 0 Å². The molecule has 0 saturated heterocycles. The Hall–Kier alpha value is -0.820. The average Bonchev–Trinajstić information content (AvgIpc) is 2.36. The first-order valence-corrected chi connectivity index (χ1v) is 8.57. The third-order valence-electron chi connectivity index (χ3n) is 4.54. The molecule has 3 atom stereocenters. The Morgan fingerprint density at radius 1 is 1.10 bits per heavy atom. The molecule has 0 aliphatic heterocycles. The number of allylic oxidation sites excluding steroid dienone is 5. The molecule has 0 spiro atoms. The second-order valence-corrected chi connectivity index (χ2v) is 7.21. The van der Waals surface area contributed by atoms with Crippen molar-refractivity contribution < 1.29 is 5.11 Å². The minimum absolute atomic E-state index is 0.310. The lowest BCUT2D eigenvalue weighted by Gasteiger charge is -2.19. The van der Waals surface area contributed by atoms with Crippen LogP contribution in [-0.4, -0.2) is 11.2 Å². The highest BCUT2D eigenvalue weighted by atomic mass is 16.3. The van der Waals surface area contributed by atoms with Gasteiger partial charge in [0.05, 0.1) is 6.10 Å². The van der Waals surface area contributed by atoms with Gasteiger partial charge < -0.3 is 5.11 Å². The highest BCUT2D eigenvalue weighted by molar-refractivity contribution is 5.07. The van der Waals surface area contributed by atoms with Crippen LogP contribution in [0.5, 0.6) is 0 Å². The van der Waals surface area contributed by atoms with Crippen LogP contribution in [-0.2, 0) is 0 Å². The maximum Gasteiger partial charge on any atom is 0.0728 e. The van der Waals surface area contributed by atoms with Crippen LogP contribution in [0.25, 0.3) is 0 Å². The second-order valence-electron chi connectivity index (χ2n) is 7.21. The highest BCUT2D eigenvalue weighted by Crippen LogP contribution is 2.24. The van der Waals surface area contributed by atoms with E-state index in [-0.39, 0.29) is 6.10 Å². The molecular weight excluding hydrogens is 256 g/mol. The van der Waals surface area contributed by atoms with E-state index in [1.807, 2.05) is 6.08 Å². The molecule has 0 aromatic rings. The van der Waals surface area contributed by atoms with Crippen molar-refractivity contribution in [3.05, 3.63) is 35.5 Å². The van der Waals surface area contributed by atoms with E-state index in [9.17, 15) is 5.11 Å². The first kappa shape index (κ1) is 18.2. The van der Waals surface area contributed by atoms with Crippen molar-refractivity contribution >= 4 is 0 Å². The number of rotatable bonds is 1. The van der Waals surface area contributed by atoms with Crippen molar-refractivity contribution in [2.75, 3.05) is 0 Å². The summed E-state index contributed by atoms with van der Waals surface area (Å²) in [5, 5.41) is 10.2. The van der Waals surface area contributed by atoms with E-state index < -0.39 is 0 Å². The van der Waals surface area contributed by atoms with Gasteiger partial charge in [-0.3, -0.25) is 0 Å². The molecule has 1 aliphatic rings. The number of aliphatic hydroxyl groups is 1. The Kier molecular flexibility index (Phi) is 8.03. The summed E-state index contributed by atoms with van der Waals surface area (Å²) in [6.45, 7) is 11.2.